The summed E-state index contributed by atoms with van der Waals surface area (Å²) in [5, 5.41) is 2.41. The van der Waals surface area contributed by atoms with Gasteiger partial charge in [0.15, 0.2) is 11.6 Å². The van der Waals surface area contributed by atoms with Gasteiger partial charge < -0.3 is 15.0 Å². The number of rotatable bonds is 5. The summed E-state index contributed by atoms with van der Waals surface area (Å²) >= 11 is 0. The summed E-state index contributed by atoms with van der Waals surface area (Å²) in [5.41, 5.74) is 0.938. The van der Waals surface area contributed by atoms with Gasteiger partial charge in [0.05, 0.1) is 11.8 Å². The molecule has 4 rings (SSSR count). The van der Waals surface area contributed by atoms with Gasteiger partial charge in [-0.1, -0.05) is 0 Å². The molecule has 0 bridgehead atoms. The quantitative estimate of drug-likeness (QED) is 0.528. The fourth-order valence-corrected chi connectivity index (χ4v) is 3.52. The molecule has 0 aliphatic carbocycles. The molecule has 2 aromatic heterocycles. The monoisotopic (exact) mass is 464 g/mol. The highest BCUT2D eigenvalue weighted by Gasteiger charge is 2.32. The van der Waals surface area contributed by atoms with Gasteiger partial charge in [-0.3, -0.25) is 9.78 Å². The van der Waals surface area contributed by atoms with Crippen LogP contribution in [0, 0.1) is 11.6 Å². The second-order valence-electron chi connectivity index (χ2n) is 7.33. The molecule has 33 heavy (non-hydrogen) atoms. The van der Waals surface area contributed by atoms with E-state index in [-0.39, 0.29) is 11.3 Å². The van der Waals surface area contributed by atoms with Crippen molar-refractivity contribution in [2.45, 2.75) is 19.2 Å². The number of hydrogen-bond acceptors (Lipinski definition) is 5. The van der Waals surface area contributed by atoms with E-state index < -0.39 is 29.7 Å². The van der Waals surface area contributed by atoms with Crippen LogP contribution in [0.5, 0.6) is 5.75 Å². The molecule has 1 aliphatic heterocycles. The molecule has 1 amide bonds. The van der Waals surface area contributed by atoms with E-state index in [2.05, 4.69) is 20.0 Å². The molecule has 3 aromatic rings. The molecule has 6 nitrogen and oxygen atoms in total. The van der Waals surface area contributed by atoms with Crippen molar-refractivity contribution in [2.75, 3.05) is 23.3 Å². The molecule has 1 saturated heterocycles. The number of nitrogens with zero attached hydrogens (tertiary/aromatic N) is 3. The Morgan fingerprint density at radius 3 is 2.45 bits per heavy atom. The van der Waals surface area contributed by atoms with Crippen molar-refractivity contribution >= 4 is 17.4 Å². The van der Waals surface area contributed by atoms with Crippen LogP contribution in [0.15, 0.2) is 48.9 Å². The minimum Gasteiger partial charge on any atom is -0.403 e. The maximum atomic E-state index is 13.9. The number of carbonyl (C=O) groups excluding carboxylic acids is 1. The number of benzene rings is 1. The first kappa shape index (κ1) is 22.4. The van der Waals surface area contributed by atoms with E-state index >= 15 is 0 Å². The molecule has 0 atom stereocenters. The first-order valence-corrected chi connectivity index (χ1v) is 9.92. The van der Waals surface area contributed by atoms with E-state index in [1.165, 1.54) is 24.5 Å². The molecule has 0 spiro atoms. The summed E-state index contributed by atoms with van der Waals surface area (Å²) in [7, 11) is 0. The first-order valence-electron chi connectivity index (χ1n) is 9.92. The van der Waals surface area contributed by atoms with Gasteiger partial charge in [0.2, 0.25) is 0 Å². The number of pyridine rings is 2. The van der Waals surface area contributed by atoms with Crippen molar-refractivity contribution in [3.8, 4) is 16.9 Å². The Hall–Kier alpha value is -3.76. The van der Waals surface area contributed by atoms with Gasteiger partial charge in [0.25, 0.3) is 5.91 Å². The summed E-state index contributed by atoms with van der Waals surface area (Å²) in [6.45, 7) is 1.53. The van der Waals surface area contributed by atoms with E-state index in [0.717, 1.165) is 44.3 Å². The lowest BCUT2D eigenvalue weighted by atomic mass is 10.1. The van der Waals surface area contributed by atoms with E-state index in [0.29, 0.717) is 23.0 Å². The van der Waals surface area contributed by atoms with Crippen molar-refractivity contribution in [3.63, 3.8) is 0 Å². The largest absolute Gasteiger partial charge is 0.573 e. The topological polar surface area (TPSA) is 67.3 Å². The number of alkyl halides is 3. The lowest BCUT2D eigenvalue weighted by Gasteiger charge is -2.20. The Kier molecular flexibility index (Phi) is 6.12. The molecule has 0 unspecified atom stereocenters. The average molecular weight is 464 g/mol. The maximum absolute atomic E-state index is 13.9. The summed E-state index contributed by atoms with van der Waals surface area (Å²) in [6.07, 6.45) is 0.752. The van der Waals surface area contributed by atoms with Crippen LogP contribution in [0.3, 0.4) is 0 Å². The van der Waals surface area contributed by atoms with E-state index in [9.17, 15) is 26.7 Å². The number of hydrogen-bond donors (Lipinski definition) is 1. The standard InChI is InChI=1S/C22H17F5N4O2/c23-15-7-13(10-28-12-15)17-8-14(11-29-20(17)31-5-1-2-6-31)21(32)30-16-3-4-19(18(24)9-16)33-22(25,26)27/h3-4,7-12H,1-2,5-6H2,(H,30,32). The summed E-state index contributed by atoms with van der Waals surface area (Å²) in [5.74, 6) is -2.95. The third-order valence-corrected chi connectivity index (χ3v) is 4.97. The fraction of sp³-hybridized carbons (Fsp3) is 0.227. The van der Waals surface area contributed by atoms with Crippen LogP contribution >= 0.6 is 0 Å². The van der Waals surface area contributed by atoms with Crippen molar-refractivity contribution in [1.82, 2.24) is 9.97 Å². The molecule has 0 saturated carbocycles. The zero-order valence-corrected chi connectivity index (χ0v) is 17.0. The van der Waals surface area contributed by atoms with E-state index in [1.807, 2.05) is 4.90 Å². The van der Waals surface area contributed by atoms with Crippen molar-refractivity contribution in [3.05, 3.63) is 66.1 Å². The third-order valence-electron chi connectivity index (χ3n) is 4.97. The SMILES string of the molecule is O=C(Nc1ccc(OC(F)(F)F)c(F)c1)c1cnc(N2CCCC2)c(-c2cncc(F)c2)c1. The maximum Gasteiger partial charge on any atom is 0.573 e. The predicted molar refractivity (Wildman–Crippen MR) is 110 cm³/mol. The Balaban J connectivity index is 1.62. The van der Waals surface area contributed by atoms with Crippen LogP contribution in [0.1, 0.15) is 23.2 Å². The summed E-state index contributed by atoms with van der Waals surface area (Å²) in [4.78, 5) is 23.0. The van der Waals surface area contributed by atoms with E-state index in [1.54, 1.807) is 0 Å². The number of halogens is 5. The Morgan fingerprint density at radius 2 is 1.79 bits per heavy atom. The molecule has 1 aromatic carbocycles. The number of nitrogens with one attached hydrogen (secondary N) is 1. The molecule has 11 heteroatoms. The van der Waals surface area contributed by atoms with Crippen molar-refractivity contribution in [2.24, 2.45) is 0 Å². The first-order chi connectivity index (χ1) is 15.7. The van der Waals surface area contributed by atoms with Gasteiger partial charge >= 0.3 is 6.36 Å². The molecule has 1 aliphatic rings. The van der Waals surface area contributed by atoms with E-state index in [4.69, 9.17) is 0 Å². The minimum atomic E-state index is -5.05. The molecular formula is C22H17F5N4O2. The molecule has 1 N–H and O–H groups in total. The van der Waals surface area contributed by atoms with Crippen molar-refractivity contribution in [1.29, 1.82) is 0 Å². The molecule has 3 heterocycles. The second kappa shape index (κ2) is 9.00. The highest BCUT2D eigenvalue weighted by molar-refractivity contribution is 6.05. The van der Waals surface area contributed by atoms with Crippen LogP contribution < -0.4 is 15.0 Å². The van der Waals surface area contributed by atoms with Crippen LogP contribution in [0.2, 0.25) is 0 Å². The Bertz CT molecular complexity index is 1180. The number of aromatic nitrogens is 2. The zero-order chi connectivity index (χ0) is 23.6. The molecule has 1 fully saturated rings. The van der Waals surface area contributed by atoms with Crippen LogP contribution in [-0.2, 0) is 0 Å². The highest BCUT2D eigenvalue weighted by atomic mass is 19.4. The normalized spacial score (nSPS) is 13.8. The number of carbonyl (C=O) groups is 1. The Labute approximate surface area is 185 Å². The lowest BCUT2D eigenvalue weighted by molar-refractivity contribution is -0.275. The van der Waals surface area contributed by atoms with Crippen LogP contribution in [-0.4, -0.2) is 35.3 Å². The molecule has 0 radical (unpaired) electrons. The third kappa shape index (κ3) is 5.36. The van der Waals surface area contributed by atoms with Gasteiger partial charge in [0.1, 0.15) is 11.6 Å². The number of anilines is 2. The summed E-state index contributed by atoms with van der Waals surface area (Å²) in [6, 6.07) is 5.34. The van der Waals surface area contributed by atoms with Crippen molar-refractivity contribution < 1.29 is 31.5 Å². The summed E-state index contributed by atoms with van der Waals surface area (Å²) < 4.78 is 68.2. The highest BCUT2D eigenvalue weighted by Crippen LogP contribution is 2.32. The average Bonchev–Trinajstić information content (AvgIpc) is 3.29. The lowest BCUT2D eigenvalue weighted by Crippen LogP contribution is -2.21. The zero-order valence-electron chi connectivity index (χ0n) is 17.0. The van der Waals surface area contributed by atoms with Crippen LogP contribution in [0.4, 0.5) is 33.5 Å². The predicted octanol–water partition coefficient (Wildman–Crippen LogP) is 5.17. The smallest absolute Gasteiger partial charge is 0.403 e. The minimum absolute atomic E-state index is 0.0791. The van der Waals surface area contributed by atoms with Gasteiger partial charge in [-0.05, 0) is 37.1 Å². The van der Waals surface area contributed by atoms with Gasteiger partial charge in [-0.2, -0.15) is 0 Å². The van der Waals surface area contributed by atoms with Crippen LogP contribution in [0.25, 0.3) is 11.1 Å². The van der Waals surface area contributed by atoms with Gasteiger partial charge in [-0.15, -0.1) is 13.2 Å². The number of ether oxygens (including phenoxy) is 1. The number of amides is 1. The van der Waals surface area contributed by atoms with Gasteiger partial charge in [0, 0.05) is 48.4 Å². The van der Waals surface area contributed by atoms with Gasteiger partial charge in [-0.25, -0.2) is 13.8 Å². The Morgan fingerprint density at radius 1 is 1.03 bits per heavy atom. The second-order valence-corrected chi connectivity index (χ2v) is 7.33. The fourth-order valence-electron chi connectivity index (χ4n) is 3.52. The molecular weight excluding hydrogens is 447 g/mol. The molecule has 172 valence electrons.